The van der Waals surface area contributed by atoms with Crippen molar-refractivity contribution in [3.05, 3.63) is 30.1 Å². The second-order valence-electron chi connectivity index (χ2n) is 8.61. The van der Waals surface area contributed by atoms with Crippen molar-refractivity contribution in [1.29, 1.82) is 0 Å². The molecular formula is C20H30N4O2. The lowest BCUT2D eigenvalue weighted by Crippen LogP contribution is -2.57. The maximum absolute atomic E-state index is 13.3. The van der Waals surface area contributed by atoms with Crippen LogP contribution in [0.5, 0.6) is 0 Å². The van der Waals surface area contributed by atoms with E-state index in [0.29, 0.717) is 19.4 Å². The number of likely N-dealkylation sites (tertiary alicyclic amines) is 1. The second-order valence-corrected chi connectivity index (χ2v) is 8.61. The Labute approximate surface area is 156 Å². The van der Waals surface area contributed by atoms with Crippen LogP contribution in [0.1, 0.15) is 46.2 Å². The number of amides is 3. The summed E-state index contributed by atoms with van der Waals surface area (Å²) in [7, 11) is 0. The average Bonchev–Trinajstić information content (AvgIpc) is 2.78. The maximum Gasteiger partial charge on any atom is 0.328 e. The fourth-order valence-electron chi connectivity index (χ4n) is 4.25. The van der Waals surface area contributed by atoms with Crippen LogP contribution < -0.4 is 0 Å². The number of carbonyl (C=O) groups excluding carboxylic acids is 2. The van der Waals surface area contributed by atoms with Crippen LogP contribution in [0.2, 0.25) is 0 Å². The van der Waals surface area contributed by atoms with Gasteiger partial charge in [-0.15, -0.1) is 0 Å². The van der Waals surface area contributed by atoms with Crippen LogP contribution in [-0.4, -0.2) is 63.3 Å². The highest BCUT2D eigenvalue weighted by Gasteiger charge is 2.57. The third-order valence-electron chi connectivity index (χ3n) is 5.37. The third-order valence-corrected chi connectivity index (χ3v) is 5.37. The van der Waals surface area contributed by atoms with E-state index >= 15 is 0 Å². The molecule has 0 radical (unpaired) electrons. The quantitative estimate of drug-likeness (QED) is 0.777. The number of urea groups is 1. The fourth-order valence-corrected chi connectivity index (χ4v) is 4.25. The van der Waals surface area contributed by atoms with Crippen LogP contribution in [0.4, 0.5) is 4.79 Å². The SMILES string of the molecule is CCN1C(=O)N(Cc2ccccn2)C(=O)C12CCN(CC(C)(C)C)CC2. The van der Waals surface area contributed by atoms with E-state index in [-0.39, 0.29) is 23.9 Å². The van der Waals surface area contributed by atoms with Gasteiger partial charge in [0.15, 0.2) is 0 Å². The number of piperidine rings is 1. The van der Waals surface area contributed by atoms with Crippen LogP contribution in [0.25, 0.3) is 0 Å². The van der Waals surface area contributed by atoms with Crippen molar-refractivity contribution < 1.29 is 9.59 Å². The van der Waals surface area contributed by atoms with Gasteiger partial charge in [0.1, 0.15) is 5.54 Å². The molecule has 0 saturated carbocycles. The van der Waals surface area contributed by atoms with Gasteiger partial charge in [-0.1, -0.05) is 26.8 Å². The topological polar surface area (TPSA) is 56.8 Å². The smallest absolute Gasteiger partial charge is 0.310 e. The molecular weight excluding hydrogens is 328 g/mol. The molecule has 2 aliphatic heterocycles. The molecule has 3 amide bonds. The lowest BCUT2D eigenvalue weighted by atomic mass is 9.84. The molecule has 3 rings (SSSR count). The third kappa shape index (κ3) is 3.47. The Morgan fingerprint density at radius 3 is 2.38 bits per heavy atom. The molecule has 0 atom stereocenters. The van der Waals surface area contributed by atoms with Crippen molar-refractivity contribution in [3.63, 3.8) is 0 Å². The number of pyridine rings is 1. The van der Waals surface area contributed by atoms with Gasteiger partial charge in [0.25, 0.3) is 5.91 Å². The molecule has 1 spiro atoms. The zero-order chi connectivity index (χ0) is 18.9. The van der Waals surface area contributed by atoms with E-state index in [1.807, 2.05) is 25.1 Å². The highest BCUT2D eigenvalue weighted by atomic mass is 16.2. The maximum atomic E-state index is 13.3. The van der Waals surface area contributed by atoms with E-state index < -0.39 is 5.54 Å². The van der Waals surface area contributed by atoms with E-state index in [4.69, 9.17) is 0 Å². The monoisotopic (exact) mass is 358 g/mol. The predicted octanol–water partition coefficient (Wildman–Crippen LogP) is 2.75. The Hall–Kier alpha value is -1.95. The van der Waals surface area contributed by atoms with Crippen molar-refractivity contribution in [2.45, 2.75) is 52.6 Å². The molecule has 0 unspecified atom stereocenters. The number of imide groups is 1. The minimum absolute atomic E-state index is 0.0505. The zero-order valence-electron chi connectivity index (χ0n) is 16.4. The summed E-state index contributed by atoms with van der Waals surface area (Å²) in [5.41, 5.74) is 0.303. The van der Waals surface area contributed by atoms with Gasteiger partial charge in [-0.25, -0.2) is 4.79 Å². The Balaban J connectivity index is 1.77. The van der Waals surface area contributed by atoms with Crippen LogP contribution in [0.3, 0.4) is 0 Å². The lowest BCUT2D eigenvalue weighted by molar-refractivity contribution is -0.136. The van der Waals surface area contributed by atoms with E-state index in [9.17, 15) is 9.59 Å². The van der Waals surface area contributed by atoms with Gasteiger partial charge >= 0.3 is 6.03 Å². The van der Waals surface area contributed by atoms with Crippen LogP contribution in [0.15, 0.2) is 24.4 Å². The van der Waals surface area contributed by atoms with Gasteiger partial charge in [-0.2, -0.15) is 0 Å². The van der Waals surface area contributed by atoms with Gasteiger partial charge < -0.3 is 9.80 Å². The summed E-state index contributed by atoms with van der Waals surface area (Å²) in [4.78, 5) is 36.1. The molecule has 6 nitrogen and oxygen atoms in total. The number of hydrogen-bond acceptors (Lipinski definition) is 4. The van der Waals surface area contributed by atoms with Crippen molar-refractivity contribution in [3.8, 4) is 0 Å². The Morgan fingerprint density at radius 2 is 1.85 bits per heavy atom. The molecule has 0 aliphatic carbocycles. The summed E-state index contributed by atoms with van der Waals surface area (Å²) in [5.74, 6) is -0.0505. The largest absolute Gasteiger partial charge is 0.328 e. The fraction of sp³-hybridized carbons (Fsp3) is 0.650. The molecule has 2 fully saturated rings. The number of aromatic nitrogens is 1. The first kappa shape index (κ1) is 18.8. The van der Waals surface area contributed by atoms with E-state index in [0.717, 1.165) is 25.3 Å². The second kappa shape index (κ2) is 6.99. The van der Waals surface area contributed by atoms with E-state index in [2.05, 4.69) is 30.7 Å². The molecule has 142 valence electrons. The Bertz CT molecular complexity index is 660. The first-order valence-corrected chi connectivity index (χ1v) is 9.53. The molecule has 0 N–H and O–H groups in total. The van der Waals surface area contributed by atoms with Crippen LogP contribution in [0, 0.1) is 5.41 Å². The molecule has 1 aromatic rings. The van der Waals surface area contributed by atoms with Crippen LogP contribution in [-0.2, 0) is 11.3 Å². The summed E-state index contributed by atoms with van der Waals surface area (Å²) in [6.45, 7) is 12.2. The molecule has 26 heavy (non-hydrogen) atoms. The van der Waals surface area contributed by atoms with Crippen molar-refractivity contribution >= 4 is 11.9 Å². The number of rotatable bonds is 4. The standard InChI is InChI=1S/C20H30N4O2/c1-5-24-18(26)23(14-16-8-6-7-11-21-16)17(25)20(24)9-12-22(13-10-20)15-19(2,3)4/h6-8,11H,5,9-10,12-15H2,1-4H3. The van der Waals surface area contributed by atoms with Crippen molar-refractivity contribution in [2.75, 3.05) is 26.2 Å². The highest BCUT2D eigenvalue weighted by molar-refractivity contribution is 6.07. The average molecular weight is 358 g/mol. The van der Waals surface area contributed by atoms with Gasteiger partial charge in [0.05, 0.1) is 12.2 Å². The molecule has 1 aromatic heterocycles. The summed E-state index contributed by atoms with van der Waals surface area (Å²) >= 11 is 0. The molecule has 0 bridgehead atoms. The summed E-state index contributed by atoms with van der Waals surface area (Å²) in [6, 6.07) is 5.40. The molecule has 6 heteroatoms. The summed E-state index contributed by atoms with van der Waals surface area (Å²) < 4.78 is 0. The minimum Gasteiger partial charge on any atom is -0.310 e. The predicted molar refractivity (Wildman–Crippen MR) is 100 cm³/mol. The number of nitrogens with zero attached hydrogens (tertiary/aromatic N) is 4. The highest BCUT2D eigenvalue weighted by Crippen LogP contribution is 2.38. The summed E-state index contributed by atoms with van der Waals surface area (Å²) in [6.07, 6.45) is 3.11. The van der Waals surface area contributed by atoms with Crippen molar-refractivity contribution in [1.82, 2.24) is 19.7 Å². The minimum atomic E-state index is -0.672. The van der Waals surface area contributed by atoms with Gasteiger partial charge in [-0.3, -0.25) is 14.7 Å². The van der Waals surface area contributed by atoms with Gasteiger partial charge in [0, 0.05) is 32.4 Å². The molecule has 2 aliphatic rings. The lowest BCUT2D eigenvalue weighted by Gasteiger charge is -2.43. The zero-order valence-corrected chi connectivity index (χ0v) is 16.4. The number of hydrogen-bond donors (Lipinski definition) is 0. The van der Waals surface area contributed by atoms with E-state index in [1.54, 1.807) is 11.1 Å². The molecule has 3 heterocycles. The van der Waals surface area contributed by atoms with Gasteiger partial charge in [-0.05, 0) is 37.3 Å². The number of likely N-dealkylation sites (N-methyl/N-ethyl adjacent to an activating group) is 1. The normalized spacial score (nSPS) is 21.1. The first-order chi connectivity index (χ1) is 12.3. The van der Waals surface area contributed by atoms with Gasteiger partial charge in [0.2, 0.25) is 0 Å². The van der Waals surface area contributed by atoms with E-state index in [1.165, 1.54) is 4.90 Å². The van der Waals surface area contributed by atoms with Crippen LogP contribution >= 0.6 is 0 Å². The first-order valence-electron chi connectivity index (χ1n) is 9.53. The van der Waals surface area contributed by atoms with Crippen molar-refractivity contribution in [2.24, 2.45) is 5.41 Å². The Morgan fingerprint density at radius 1 is 1.15 bits per heavy atom. The molecule has 2 saturated heterocycles. The number of carbonyl (C=O) groups is 2. The molecule has 0 aromatic carbocycles. The summed E-state index contributed by atoms with van der Waals surface area (Å²) in [5, 5.41) is 0. The Kier molecular flexibility index (Phi) is 5.06.